The standard InChI is InChI=1S/C17H25NO2S/c1-13-10-15(14-4-9-21-12-14)11-18(13)16(19)17(5-3-6-17)7-8-20-2/h4,9,12-13,15H,3,5-8,10-11H2,1-2H3. The Morgan fingerprint density at radius 3 is 2.90 bits per heavy atom. The lowest BCUT2D eigenvalue weighted by atomic mass is 9.65. The predicted octanol–water partition coefficient (Wildman–Crippen LogP) is 3.66. The van der Waals surface area contributed by atoms with Crippen LogP contribution in [0.3, 0.4) is 0 Å². The van der Waals surface area contributed by atoms with E-state index >= 15 is 0 Å². The molecule has 2 atom stereocenters. The SMILES string of the molecule is COCCC1(C(=O)N2CC(c3ccsc3)CC2C)CCC1. The minimum absolute atomic E-state index is 0.117. The Bertz CT molecular complexity index is 481. The normalized spacial score (nSPS) is 27.6. The van der Waals surface area contributed by atoms with Crippen molar-refractivity contribution < 1.29 is 9.53 Å². The maximum atomic E-state index is 13.1. The molecular formula is C17H25NO2S. The van der Waals surface area contributed by atoms with E-state index in [1.165, 1.54) is 12.0 Å². The molecule has 0 N–H and O–H groups in total. The molecule has 116 valence electrons. The number of nitrogens with zero attached hydrogens (tertiary/aromatic N) is 1. The summed E-state index contributed by atoms with van der Waals surface area (Å²) in [7, 11) is 1.72. The van der Waals surface area contributed by atoms with Gasteiger partial charge in [0.05, 0.1) is 5.41 Å². The molecule has 1 saturated heterocycles. The maximum absolute atomic E-state index is 13.1. The molecule has 0 bridgehead atoms. The number of thiophene rings is 1. The molecule has 0 radical (unpaired) electrons. The van der Waals surface area contributed by atoms with Gasteiger partial charge in [0.25, 0.3) is 0 Å². The quantitative estimate of drug-likeness (QED) is 0.831. The second-order valence-corrected chi connectivity index (χ2v) is 7.45. The summed E-state index contributed by atoms with van der Waals surface area (Å²) in [5.41, 5.74) is 1.29. The zero-order valence-corrected chi connectivity index (χ0v) is 13.8. The summed E-state index contributed by atoms with van der Waals surface area (Å²) in [4.78, 5) is 15.2. The first kappa shape index (κ1) is 15.0. The Labute approximate surface area is 131 Å². The summed E-state index contributed by atoms with van der Waals surface area (Å²) in [6.07, 6.45) is 5.26. The van der Waals surface area contributed by atoms with Gasteiger partial charge in [0.1, 0.15) is 0 Å². The molecule has 2 aliphatic rings. The number of hydrogen-bond acceptors (Lipinski definition) is 3. The summed E-state index contributed by atoms with van der Waals surface area (Å²) in [6.45, 7) is 3.79. The summed E-state index contributed by atoms with van der Waals surface area (Å²) >= 11 is 1.75. The van der Waals surface area contributed by atoms with Gasteiger partial charge in [0.2, 0.25) is 5.91 Å². The Morgan fingerprint density at radius 1 is 1.52 bits per heavy atom. The number of rotatable bonds is 5. The van der Waals surface area contributed by atoms with E-state index in [1.807, 2.05) is 0 Å². The second-order valence-electron chi connectivity index (χ2n) is 6.67. The van der Waals surface area contributed by atoms with Crippen LogP contribution >= 0.6 is 11.3 Å². The van der Waals surface area contributed by atoms with Gasteiger partial charge in [-0.1, -0.05) is 6.42 Å². The molecule has 1 aromatic heterocycles. The molecule has 1 aromatic rings. The van der Waals surface area contributed by atoms with Gasteiger partial charge in [-0.05, 0) is 55.0 Å². The van der Waals surface area contributed by atoms with Gasteiger partial charge in [0.15, 0.2) is 0 Å². The van der Waals surface area contributed by atoms with Crippen LogP contribution in [0.2, 0.25) is 0 Å². The second kappa shape index (κ2) is 6.09. The van der Waals surface area contributed by atoms with E-state index in [0.29, 0.717) is 24.5 Å². The average molecular weight is 307 g/mol. The molecule has 3 rings (SSSR count). The van der Waals surface area contributed by atoms with E-state index in [-0.39, 0.29) is 5.41 Å². The summed E-state index contributed by atoms with van der Waals surface area (Å²) < 4.78 is 5.22. The molecule has 0 spiro atoms. The van der Waals surface area contributed by atoms with Gasteiger partial charge in [0, 0.05) is 32.2 Å². The van der Waals surface area contributed by atoms with Crippen LogP contribution in [0, 0.1) is 5.41 Å². The van der Waals surface area contributed by atoms with Gasteiger partial charge < -0.3 is 9.64 Å². The summed E-state index contributed by atoms with van der Waals surface area (Å²) in [6, 6.07) is 2.57. The average Bonchev–Trinajstić information content (AvgIpc) is 3.06. The van der Waals surface area contributed by atoms with E-state index in [2.05, 4.69) is 28.7 Å². The summed E-state index contributed by atoms with van der Waals surface area (Å²) in [5.74, 6) is 0.908. The molecule has 1 aliphatic carbocycles. The fourth-order valence-corrected chi connectivity index (χ4v) is 4.58. The van der Waals surface area contributed by atoms with Gasteiger partial charge in [-0.25, -0.2) is 0 Å². The van der Waals surface area contributed by atoms with Crippen LogP contribution in [0.4, 0.5) is 0 Å². The minimum Gasteiger partial charge on any atom is -0.385 e. The Kier molecular flexibility index (Phi) is 4.36. The van der Waals surface area contributed by atoms with Gasteiger partial charge in [-0.15, -0.1) is 0 Å². The van der Waals surface area contributed by atoms with Gasteiger partial charge in [-0.2, -0.15) is 11.3 Å². The largest absolute Gasteiger partial charge is 0.385 e. The van der Waals surface area contributed by atoms with Gasteiger partial charge in [-0.3, -0.25) is 4.79 Å². The topological polar surface area (TPSA) is 29.5 Å². The highest BCUT2D eigenvalue weighted by molar-refractivity contribution is 7.07. The van der Waals surface area contributed by atoms with E-state index in [9.17, 15) is 4.79 Å². The third-order valence-electron chi connectivity index (χ3n) is 5.40. The Hall–Kier alpha value is -0.870. The van der Waals surface area contributed by atoms with Crippen molar-refractivity contribution in [3.8, 4) is 0 Å². The molecule has 4 heteroatoms. The highest BCUT2D eigenvalue weighted by Crippen LogP contribution is 2.47. The van der Waals surface area contributed by atoms with Crippen molar-refractivity contribution in [1.29, 1.82) is 0 Å². The van der Waals surface area contributed by atoms with Crippen LogP contribution in [-0.4, -0.2) is 37.1 Å². The van der Waals surface area contributed by atoms with E-state index in [4.69, 9.17) is 4.74 Å². The van der Waals surface area contributed by atoms with Crippen molar-refractivity contribution in [1.82, 2.24) is 4.90 Å². The number of amides is 1. The lowest BCUT2D eigenvalue weighted by Gasteiger charge is -2.43. The lowest BCUT2D eigenvalue weighted by molar-refractivity contribution is -0.149. The summed E-state index contributed by atoms with van der Waals surface area (Å²) in [5, 5.41) is 4.37. The van der Waals surface area contributed by atoms with E-state index < -0.39 is 0 Å². The molecule has 1 aliphatic heterocycles. The minimum atomic E-state index is -0.117. The maximum Gasteiger partial charge on any atom is 0.229 e. The molecule has 1 saturated carbocycles. The van der Waals surface area contributed by atoms with Crippen molar-refractivity contribution in [3.63, 3.8) is 0 Å². The Balaban J connectivity index is 1.69. The van der Waals surface area contributed by atoms with Crippen LogP contribution in [0.1, 0.15) is 50.5 Å². The van der Waals surface area contributed by atoms with E-state index in [0.717, 1.165) is 32.2 Å². The van der Waals surface area contributed by atoms with Crippen molar-refractivity contribution in [3.05, 3.63) is 22.4 Å². The smallest absolute Gasteiger partial charge is 0.229 e. The zero-order chi connectivity index (χ0) is 14.9. The number of likely N-dealkylation sites (tertiary alicyclic amines) is 1. The fourth-order valence-electron chi connectivity index (χ4n) is 3.84. The first-order chi connectivity index (χ1) is 10.2. The molecule has 0 aromatic carbocycles. The monoisotopic (exact) mass is 307 g/mol. The number of carbonyl (C=O) groups excluding carboxylic acids is 1. The van der Waals surface area contributed by atoms with Gasteiger partial charge >= 0.3 is 0 Å². The van der Waals surface area contributed by atoms with Crippen LogP contribution in [0.25, 0.3) is 0 Å². The van der Waals surface area contributed by atoms with Crippen molar-refractivity contribution in [2.75, 3.05) is 20.3 Å². The molecule has 2 fully saturated rings. The first-order valence-corrected chi connectivity index (χ1v) is 8.93. The highest BCUT2D eigenvalue weighted by Gasteiger charge is 2.48. The fraction of sp³-hybridized carbons (Fsp3) is 0.706. The van der Waals surface area contributed by atoms with Crippen molar-refractivity contribution in [2.45, 2.75) is 51.0 Å². The molecule has 21 heavy (non-hydrogen) atoms. The zero-order valence-electron chi connectivity index (χ0n) is 13.0. The van der Waals surface area contributed by atoms with Crippen LogP contribution in [0.5, 0.6) is 0 Å². The Morgan fingerprint density at radius 2 is 2.33 bits per heavy atom. The van der Waals surface area contributed by atoms with Crippen LogP contribution in [0.15, 0.2) is 16.8 Å². The third kappa shape index (κ3) is 2.76. The predicted molar refractivity (Wildman–Crippen MR) is 85.6 cm³/mol. The number of carbonyl (C=O) groups is 1. The highest BCUT2D eigenvalue weighted by atomic mass is 32.1. The molecule has 2 heterocycles. The van der Waals surface area contributed by atoms with Crippen molar-refractivity contribution in [2.24, 2.45) is 5.41 Å². The molecule has 1 amide bonds. The lowest BCUT2D eigenvalue weighted by Crippen LogP contribution is -2.49. The van der Waals surface area contributed by atoms with Crippen molar-refractivity contribution >= 4 is 17.2 Å². The first-order valence-electron chi connectivity index (χ1n) is 7.98. The molecular weight excluding hydrogens is 282 g/mol. The number of ether oxygens (including phenoxy) is 1. The van der Waals surface area contributed by atoms with Crippen LogP contribution in [-0.2, 0) is 9.53 Å². The van der Waals surface area contributed by atoms with E-state index in [1.54, 1.807) is 18.4 Å². The number of hydrogen-bond donors (Lipinski definition) is 0. The van der Waals surface area contributed by atoms with Crippen LogP contribution < -0.4 is 0 Å². The molecule has 3 nitrogen and oxygen atoms in total. The molecule has 2 unspecified atom stereocenters. The number of methoxy groups -OCH3 is 1. The third-order valence-corrected chi connectivity index (χ3v) is 6.10.